The zero-order valence-electron chi connectivity index (χ0n) is 13.7. The van der Waals surface area contributed by atoms with Gasteiger partial charge < -0.3 is 10.1 Å². The number of carbonyl (C=O) groups excluding carboxylic acids is 1. The van der Waals surface area contributed by atoms with E-state index >= 15 is 0 Å². The lowest BCUT2D eigenvalue weighted by Crippen LogP contribution is -2.41. The minimum Gasteiger partial charge on any atom is -0.496 e. The van der Waals surface area contributed by atoms with Crippen molar-refractivity contribution >= 4 is 15.9 Å². The fourth-order valence-corrected chi connectivity index (χ4v) is 4.20. The Kier molecular flexibility index (Phi) is 4.52. The third kappa shape index (κ3) is 3.54. The molecule has 132 valence electrons. The van der Waals surface area contributed by atoms with Crippen LogP contribution >= 0.6 is 0 Å². The maximum atomic E-state index is 13.5. The molecular formula is C16H21FN2O4S. The quantitative estimate of drug-likeness (QED) is 0.861. The molecule has 2 fully saturated rings. The van der Waals surface area contributed by atoms with Gasteiger partial charge in [0.15, 0.2) is 0 Å². The number of methoxy groups -OCH3 is 1. The van der Waals surface area contributed by atoms with Gasteiger partial charge in [0, 0.05) is 19.1 Å². The van der Waals surface area contributed by atoms with Crippen LogP contribution in [-0.4, -0.2) is 51.1 Å². The van der Waals surface area contributed by atoms with E-state index in [1.165, 1.54) is 29.8 Å². The summed E-state index contributed by atoms with van der Waals surface area (Å²) >= 11 is 0. The molecule has 2 unspecified atom stereocenters. The number of benzene rings is 1. The van der Waals surface area contributed by atoms with Crippen molar-refractivity contribution in [3.63, 3.8) is 0 Å². The predicted molar refractivity (Wildman–Crippen MR) is 86.8 cm³/mol. The Morgan fingerprint density at radius 2 is 2.04 bits per heavy atom. The van der Waals surface area contributed by atoms with E-state index in [0.717, 1.165) is 18.9 Å². The van der Waals surface area contributed by atoms with Gasteiger partial charge in [-0.2, -0.15) is 4.31 Å². The fourth-order valence-electron chi connectivity index (χ4n) is 3.32. The molecule has 2 atom stereocenters. The highest BCUT2D eigenvalue weighted by molar-refractivity contribution is 7.88. The number of hydrogen-bond acceptors (Lipinski definition) is 4. The molecule has 1 N–H and O–H groups in total. The minimum absolute atomic E-state index is 0.100. The normalized spacial score (nSPS) is 24.8. The first-order valence-electron chi connectivity index (χ1n) is 7.89. The number of halogens is 1. The summed E-state index contributed by atoms with van der Waals surface area (Å²) in [5, 5.41) is 2.88. The third-order valence-corrected chi connectivity index (χ3v) is 5.99. The summed E-state index contributed by atoms with van der Waals surface area (Å²) in [5.41, 5.74) is 0.116. The standard InChI is InChI=1S/C16H21FN2O4S/c1-23-15-6-5-11(17)7-12(15)16(20)18-14-9-19(24(2,21)22)8-13(14)10-3-4-10/h5-7,10,13-14H,3-4,8-9H2,1-2H3,(H,18,20). The zero-order chi connectivity index (χ0) is 17.5. The van der Waals surface area contributed by atoms with Crippen molar-refractivity contribution in [2.24, 2.45) is 11.8 Å². The lowest BCUT2D eigenvalue weighted by Gasteiger charge is -2.20. The van der Waals surface area contributed by atoms with Crippen LogP contribution in [0.3, 0.4) is 0 Å². The van der Waals surface area contributed by atoms with E-state index in [1.807, 2.05) is 0 Å². The van der Waals surface area contributed by atoms with Crippen LogP contribution in [0.5, 0.6) is 5.75 Å². The first kappa shape index (κ1) is 17.2. The topological polar surface area (TPSA) is 75.7 Å². The Morgan fingerprint density at radius 1 is 1.33 bits per heavy atom. The summed E-state index contributed by atoms with van der Waals surface area (Å²) < 4.78 is 43.6. The first-order chi connectivity index (χ1) is 11.3. The highest BCUT2D eigenvalue weighted by atomic mass is 32.2. The van der Waals surface area contributed by atoms with Crippen LogP contribution in [0.2, 0.25) is 0 Å². The Labute approximate surface area is 141 Å². The van der Waals surface area contributed by atoms with Crippen molar-refractivity contribution in [1.82, 2.24) is 9.62 Å². The van der Waals surface area contributed by atoms with E-state index in [0.29, 0.717) is 12.5 Å². The van der Waals surface area contributed by atoms with E-state index in [-0.39, 0.29) is 29.8 Å². The Balaban J connectivity index is 1.79. The maximum absolute atomic E-state index is 13.5. The third-order valence-electron chi connectivity index (χ3n) is 4.75. The van der Waals surface area contributed by atoms with Crippen LogP contribution in [0.15, 0.2) is 18.2 Å². The van der Waals surface area contributed by atoms with E-state index < -0.39 is 21.7 Å². The summed E-state index contributed by atoms with van der Waals surface area (Å²) in [4.78, 5) is 12.6. The molecule has 2 aliphatic rings. The molecule has 1 saturated carbocycles. The van der Waals surface area contributed by atoms with Gasteiger partial charge in [0.05, 0.1) is 18.9 Å². The number of amides is 1. The summed E-state index contributed by atoms with van der Waals surface area (Å²) in [7, 11) is -1.88. The van der Waals surface area contributed by atoms with Crippen LogP contribution in [0.25, 0.3) is 0 Å². The summed E-state index contributed by atoms with van der Waals surface area (Å²) in [6.45, 7) is 0.679. The van der Waals surface area contributed by atoms with Crippen molar-refractivity contribution < 1.29 is 22.3 Å². The molecule has 0 aromatic heterocycles. The second-order valence-corrected chi connectivity index (χ2v) is 8.49. The van der Waals surface area contributed by atoms with E-state index in [1.54, 1.807) is 0 Å². The minimum atomic E-state index is -3.30. The Morgan fingerprint density at radius 3 is 2.62 bits per heavy atom. The second kappa shape index (κ2) is 6.33. The van der Waals surface area contributed by atoms with Gasteiger partial charge in [-0.3, -0.25) is 4.79 Å². The summed E-state index contributed by atoms with van der Waals surface area (Å²) in [6, 6.07) is 3.49. The van der Waals surface area contributed by atoms with Gasteiger partial charge in [0.1, 0.15) is 11.6 Å². The summed E-state index contributed by atoms with van der Waals surface area (Å²) in [5.74, 6) is -0.143. The Hall–Kier alpha value is -1.67. The number of rotatable bonds is 5. The van der Waals surface area contributed by atoms with Gasteiger partial charge in [0.2, 0.25) is 10.0 Å². The zero-order valence-corrected chi connectivity index (χ0v) is 14.5. The van der Waals surface area contributed by atoms with Gasteiger partial charge in [-0.15, -0.1) is 0 Å². The van der Waals surface area contributed by atoms with E-state index in [2.05, 4.69) is 5.32 Å². The van der Waals surface area contributed by atoms with Gasteiger partial charge in [-0.05, 0) is 42.9 Å². The predicted octanol–water partition coefficient (Wildman–Crippen LogP) is 1.23. The molecule has 1 aliphatic carbocycles. The number of sulfonamides is 1. The maximum Gasteiger partial charge on any atom is 0.255 e. The molecule has 0 spiro atoms. The average molecular weight is 356 g/mol. The van der Waals surface area contributed by atoms with Crippen LogP contribution in [0.4, 0.5) is 4.39 Å². The van der Waals surface area contributed by atoms with Gasteiger partial charge in [0.25, 0.3) is 5.91 Å². The SMILES string of the molecule is COc1ccc(F)cc1C(=O)NC1CN(S(C)(=O)=O)CC1C1CC1. The number of nitrogens with zero attached hydrogens (tertiary/aromatic N) is 1. The number of ether oxygens (including phenoxy) is 1. The van der Waals surface area contributed by atoms with Crippen molar-refractivity contribution in [1.29, 1.82) is 0 Å². The molecule has 1 saturated heterocycles. The van der Waals surface area contributed by atoms with Gasteiger partial charge in [-0.25, -0.2) is 12.8 Å². The van der Waals surface area contributed by atoms with E-state index in [9.17, 15) is 17.6 Å². The van der Waals surface area contributed by atoms with E-state index in [4.69, 9.17) is 4.74 Å². The molecule has 1 aromatic carbocycles. The molecule has 1 heterocycles. The number of hydrogen-bond donors (Lipinski definition) is 1. The van der Waals surface area contributed by atoms with Gasteiger partial charge >= 0.3 is 0 Å². The van der Waals surface area contributed by atoms with Crippen molar-refractivity contribution in [2.45, 2.75) is 18.9 Å². The lowest BCUT2D eigenvalue weighted by atomic mass is 9.97. The number of nitrogens with one attached hydrogen (secondary N) is 1. The van der Waals surface area contributed by atoms with Crippen LogP contribution < -0.4 is 10.1 Å². The molecule has 1 amide bonds. The second-order valence-electron chi connectivity index (χ2n) is 6.51. The highest BCUT2D eigenvalue weighted by Gasteiger charge is 2.45. The highest BCUT2D eigenvalue weighted by Crippen LogP contribution is 2.42. The molecule has 6 nitrogen and oxygen atoms in total. The fraction of sp³-hybridized carbons (Fsp3) is 0.562. The largest absolute Gasteiger partial charge is 0.496 e. The lowest BCUT2D eigenvalue weighted by molar-refractivity contribution is 0.0925. The molecule has 1 aromatic rings. The molecular weight excluding hydrogens is 335 g/mol. The van der Waals surface area contributed by atoms with Gasteiger partial charge in [-0.1, -0.05) is 0 Å². The molecule has 8 heteroatoms. The smallest absolute Gasteiger partial charge is 0.255 e. The van der Waals surface area contributed by atoms with Crippen LogP contribution in [-0.2, 0) is 10.0 Å². The summed E-state index contributed by atoms with van der Waals surface area (Å²) in [6.07, 6.45) is 3.28. The van der Waals surface area contributed by atoms with Crippen molar-refractivity contribution in [3.8, 4) is 5.75 Å². The molecule has 0 radical (unpaired) electrons. The Bertz CT molecular complexity index is 748. The monoisotopic (exact) mass is 356 g/mol. The number of carbonyl (C=O) groups is 1. The molecule has 0 bridgehead atoms. The van der Waals surface area contributed by atoms with Crippen molar-refractivity contribution in [2.75, 3.05) is 26.5 Å². The van der Waals surface area contributed by atoms with Crippen LogP contribution in [0, 0.1) is 17.7 Å². The molecule has 24 heavy (non-hydrogen) atoms. The molecule has 1 aliphatic heterocycles. The van der Waals surface area contributed by atoms with Crippen molar-refractivity contribution in [3.05, 3.63) is 29.6 Å². The average Bonchev–Trinajstić information content (AvgIpc) is 3.27. The van der Waals surface area contributed by atoms with Crippen LogP contribution in [0.1, 0.15) is 23.2 Å². The first-order valence-corrected chi connectivity index (χ1v) is 9.74. The molecule has 3 rings (SSSR count).